The zero-order chi connectivity index (χ0) is 9.47. The van der Waals surface area contributed by atoms with Crippen LogP contribution in [0.5, 0.6) is 0 Å². The molecule has 0 aromatic heterocycles. The van der Waals surface area contributed by atoms with Crippen molar-refractivity contribution in [2.75, 3.05) is 6.54 Å². The molecule has 72 valence electrons. The minimum atomic E-state index is -0.712. The van der Waals surface area contributed by atoms with E-state index < -0.39 is 5.97 Å². The molecule has 0 bridgehead atoms. The highest BCUT2D eigenvalue weighted by molar-refractivity contribution is 5.68. The van der Waals surface area contributed by atoms with Gasteiger partial charge in [-0.3, -0.25) is 4.79 Å². The summed E-state index contributed by atoms with van der Waals surface area (Å²) in [6, 6.07) is 0. The summed E-state index contributed by atoms with van der Waals surface area (Å²) in [5.74, 6) is 0.410. The molecular weight excluding hydrogens is 166 g/mol. The van der Waals surface area contributed by atoms with Crippen molar-refractivity contribution in [2.24, 2.45) is 23.0 Å². The third-order valence-electron chi connectivity index (χ3n) is 3.63. The fourth-order valence-electron chi connectivity index (χ4n) is 2.89. The first-order chi connectivity index (χ1) is 6.18. The van der Waals surface area contributed by atoms with Crippen LogP contribution in [0, 0.1) is 17.3 Å². The molecule has 3 nitrogen and oxygen atoms in total. The van der Waals surface area contributed by atoms with Crippen LogP contribution in [0.3, 0.4) is 0 Å². The molecule has 2 aliphatic rings. The number of allylic oxidation sites excluding steroid dienone is 2. The fraction of sp³-hybridized carbons (Fsp3) is 0.700. The first-order valence-electron chi connectivity index (χ1n) is 4.76. The molecule has 0 amide bonds. The van der Waals surface area contributed by atoms with Gasteiger partial charge in [0.1, 0.15) is 0 Å². The van der Waals surface area contributed by atoms with E-state index in [1.807, 2.05) is 0 Å². The largest absolute Gasteiger partial charge is 0.481 e. The van der Waals surface area contributed by atoms with Crippen molar-refractivity contribution in [2.45, 2.75) is 19.3 Å². The number of aliphatic carboxylic acids is 1. The van der Waals surface area contributed by atoms with Crippen molar-refractivity contribution >= 4 is 5.97 Å². The van der Waals surface area contributed by atoms with Gasteiger partial charge in [0.05, 0.1) is 6.42 Å². The Hall–Kier alpha value is -0.830. The average Bonchev–Trinajstić information content (AvgIpc) is 2.43. The molecule has 3 heteroatoms. The lowest BCUT2D eigenvalue weighted by Crippen LogP contribution is -2.51. The van der Waals surface area contributed by atoms with Gasteiger partial charge in [-0.05, 0) is 36.6 Å². The van der Waals surface area contributed by atoms with Gasteiger partial charge in [0.2, 0.25) is 0 Å². The third kappa shape index (κ3) is 1.18. The lowest BCUT2D eigenvalue weighted by molar-refractivity contribution is -0.144. The lowest BCUT2D eigenvalue weighted by atomic mass is 9.53. The molecule has 0 saturated heterocycles. The summed E-state index contributed by atoms with van der Waals surface area (Å²) in [7, 11) is 0. The zero-order valence-corrected chi connectivity index (χ0v) is 7.57. The smallest absolute Gasteiger partial charge is 0.303 e. The number of carboxylic acids is 1. The van der Waals surface area contributed by atoms with E-state index in [9.17, 15) is 4.79 Å². The molecule has 0 aromatic carbocycles. The highest BCUT2D eigenvalue weighted by Crippen LogP contribution is 2.57. The van der Waals surface area contributed by atoms with E-state index in [4.69, 9.17) is 10.8 Å². The molecular formula is C10H15NO2. The summed E-state index contributed by atoms with van der Waals surface area (Å²) in [4.78, 5) is 10.7. The van der Waals surface area contributed by atoms with Gasteiger partial charge >= 0.3 is 5.97 Å². The van der Waals surface area contributed by atoms with Crippen LogP contribution in [0.2, 0.25) is 0 Å². The molecule has 13 heavy (non-hydrogen) atoms. The van der Waals surface area contributed by atoms with E-state index in [1.165, 1.54) is 0 Å². The third-order valence-corrected chi connectivity index (χ3v) is 3.63. The fourth-order valence-corrected chi connectivity index (χ4v) is 2.89. The monoisotopic (exact) mass is 181 g/mol. The number of fused-ring (bicyclic) bond motifs is 1. The van der Waals surface area contributed by atoms with Crippen molar-refractivity contribution < 1.29 is 9.90 Å². The summed E-state index contributed by atoms with van der Waals surface area (Å²) in [5.41, 5.74) is 5.58. The molecule has 0 aliphatic heterocycles. The first kappa shape index (κ1) is 8.75. The van der Waals surface area contributed by atoms with E-state index in [2.05, 4.69) is 12.2 Å². The Morgan fingerprint density at radius 2 is 2.46 bits per heavy atom. The van der Waals surface area contributed by atoms with Gasteiger partial charge in [0, 0.05) is 0 Å². The molecule has 1 saturated carbocycles. The molecule has 3 N–H and O–H groups in total. The van der Waals surface area contributed by atoms with Gasteiger partial charge in [-0.15, -0.1) is 0 Å². The van der Waals surface area contributed by atoms with Crippen LogP contribution in [0.4, 0.5) is 0 Å². The second kappa shape index (κ2) is 2.84. The summed E-state index contributed by atoms with van der Waals surface area (Å²) in [5, 5.41) is 8.79. The second-order valence-corrected chi connectivity index (χ2v) is 4.28. The first-order valence-corrected chi connectivity index (χ1v) is 4.76. The van der Waals surface area contributed by atoms with Crippen LogP contribution in [0.1, 0.15) is 19.3 Å². The van der Waals surface area contributed by atoms with Crippen molar-refractivity contribution in [3.05, 3.63) is 12.2 Å². The zero-order valence-electron chi connectivity index (χ0n) is 7.57. The summed E-state index contributed by atoms with van der Waals surface area (Å²) in [6.45, 7) is 0.516. The second-order valence-electron chi connectivity index (χ2n) is 4.28. The predicted octanol–water partition coefficient (Wildman–Crippen LogP) is 1.00. The van der Waals surface area contributed by atoms with Crippen LogP contribution in [0.25, 0.3) is 0 Å². The van der Waals surface area contributed by atoms with Crippen LogP contribution in [0.15, 0.2) is 12.2 Å². The van der Waals surface area contributed by atoms with Gasteiger partial charge in [0.15, 0.2) is 0 Å². The highest BCUT2D eigenvalue weighted by atomic mass is 16.4. The number of rotatable bonds is 3. The lowest BCUT2D eigenvalue weighted by Gasteiger charge is -2.51. The Balaban J connectivity index is 2.07. The van der Waals surface area contributed by atoms with E-state index in [-0.39, 0.29) is 11.8 Å². The van der Waals surface area contributed by atoms with Crippen LogP contribution >= 0.6 is 0 Å². The van der Waals surface area contributed by atoms with Crippen molar-refractivity contribution in [1.82, 2.24) is 0 Å². The van der Waals surface area contributed by atoms with E-state index >= 15 is 0 Å². The molecule has 0 heterocycles. The SMILES string of the molecule is NC[C@@]1(CC(=O)O)C[C@H]2C=CC[C@H]21. The molecule has 0 unspecified atom stereocenters. The van der Waals surface area contributed by atoms with Gasteiger partial charge < -0.3 is 10.8 Å². The highest BCUT2D eigenvalue weighted by Gasteiger charge is 2.53. The Bertz CT molecular complexity index is 262. The Kier molecular flexibility index (Phi) is 1.91. The maximum Gasteiger partial charge on any atom is 0.303 e. The van der Waals surface area contributed by atoms with Gasteiger partial charge in [0.25, 0.3) is 0 Å². The van der Waals surface area contributed by atoms with Gasteiger partial charge in [-0.2, -0.15) is 0 Å². The van der Waals surface area contributed by atoms with Crippen molar-refractivity contribution in [3.8, 4) is 0 Å². The quantitative estimate of drug-likeness (QED) is 0.638. The van der Waals surface area contributed by atoms with E-state index in [0.717, 1.165) is 12.8 Å². The van der Waals surface area contributed by atoms with E-state index in [1.54, 1.807) is 0 Å². The van der Waals surface area contributed by atoms with E-state index in [0.29, 0.717) is 18.4 Å². The summed E-state index contributed by atoms with van der Waals surface area (Å²) in [6.07, 6.45) is 6.60. The number of carboxylic acid groups (broad SMARTS) is 1. The Labute approximate surface area is 77.6 Å². The number of carbonyl (C=O) groups is 1. The predicted molar refractivity (Wildman–Crippen MR) is 49.1 cm³/mol. The molecule has 0 spiro atoms. The molecule has 0 aromatic rings. The normalized spacial score (nSPS) is 41.3. The van der Waals surface area contributed by atoms with Gasteiger partial charge in [-0.25, -0.2) is 0 Å². The molecule has 1 fully saturated rings. The number of hydrogen-bond acceptors (Lipinski definition) is 2. The molecule has 3 atom stereocenters. The van der Waals surface area contributed by atoms with Crippen LogP contribution in [-0.2, 0) is 4.79 Å². The minimum Gasteiger partial charge on any atom is -0.481 e. The minimum absolute atomic E-state index is 0.0972. The van der Waals surface area contributed by atoms with Crippen LogP contribution in [-0.4, -0.2) is 17.6 Å². The molecule has 2 rings (SSSR count). The topological polar surface area (TPSA) is 63.3 Å². The summed E-state index contributed by atoms with van der Waals surface area (Å²) < 4.78 is 0. The summed E-state index contributed by atoms with van der Waals surface area (Å²) >= 11 is 0. The standard InChI is InChI=1S/C10H15NO2/c11-6-10(5-9(12)13)4-7-2-1-3-8(7)10/h1-2,7-8H,3-6,11H2,(H,12,13)/t7-,8-,10+/m1/s1. The number of nitrogens with two attached hydrogens (primary N) is 1. The van der Waals surface area contributed by atoms with Crippen LogP contribution < -0.4 is 5.73 Å². The van der Waals surface area contributed by atoms with Crippen molar-refractivity contribution in [3.63, 3.8) is 0 Å². The Morgan fingerprint density at radius 3 is 3.00 bits per heavy atom. The molecule has 0 radical (unpaired) electrons. The maximum absolute atomic E-state index is 10.7. The average molecular weight is 181 g/mol. The van der Waals surface area contributed by atoms with Crippen molar-refractivity contribution in [1.29, 1.82) is 0 Å². The number of hydrogen-bond donors (Lipinski definition) is 2. The van der Waals surface area contributed by atoms with Gasteiger partial charge in [-0.1, -0.05) is 12.2 Å². The Morgan fingerprint density at radius 1 is 1.69 bits per heavy atom. The molecule has 2 aliphatic carbocycles. The maximum atomic E-state index is 10.7.